The van der Waals surface area contributed by atoms with Gasteiger partial charge in [0, 0.05) is 31.9 Å². The van der Waals surface area contributed by atoms with E-state index in [1.165, 1.54) is 11.1 Å². The second-order valence-corrected chi connectivity index (χ2v) is 4.79. The number of hydrogen-bond donors (Lipinski definition) is 1. The molecule has 4 heteroatoms. The second-order valence-electron chi connectivity index (χ2n) is 4.79. The normalized spacial score (nSPS) is 15.6. The molecular formula is C14H21N3O. The first-order valence-electron chi connectivity index (χ1n) is 6.42. The topological polar surface area (TPSA) is 35.6 Å². The summed E-state index contributed by atoms with van der Waals surface area (Å²) >= 11 is 0. The summed E-state index contributed by atoms with van der Waals surface area (Å²) in [6.07, 6.45) is 0. The van der Waals surface area contributed by atoms with Crippen LogP contribution in [0.15, 0.2) is 18.2 Å². The zero-order chi connectivity index (χ0) is 13.1. The third-order valence-corrected chi connectivity index (χ3v) is 3.53. The van der Waals surface area contributed by atoms with Crippen LogP contribution in [0, 0.1) is 13.8 Å². The van der Waals surface area contributed by atoms with Gasteiger partial charge in [-0.25, -0.2) is 4.79 Å². The average Bonchev–Trinajstić information content (AvgIpc) is 2.72. The number of nitrogens with one attached hydrogen (secondary N) is 1. The lowest BCUT2D eigenvalue weighted by Crippen LogP contribution is -2.35. The van der Waals surface area contributed by atoms with Gasteiger partial charge in [0.15, 0.2) is 0 Å². The summed E-state index contributed by atoms with van der Waals surface area (Å²) in [5.41, 5.74) is 3.50. The molecule has 1 aliphatic heterocycles. The van der Waals surface area contributed by atoms with Crippen LogP contribution in [0.2, 0.25) is 0 Å². The molecule has 0 unspecified atom stereocenters. The molecule has 0 atom stereocenters. The number of carbonyl (C=O) groups is 1. The standard InChI is InChI=1S/C14H21N3O/c1-11-4-5-13(10-12(11)2)17-9-8-16(14(17)18)7-6-15-3/h4-5,10,15H,6-9H2,1-3H3. The fraction of sp³-hybridized carbons (Fsp3) is 0.500. The van der Waals surface area contributed by atoms with E-state index in [-0.39, 0.29) is 6.03 Å². The van der Waals surface area contributed by atoms with Crippen molar-refractivity contribution in [1.82, 2.24) is 10.2 Å². The van der Waals surface area contributed by atoms with Gasteiger partial charge in [-0.15, -0.1) is 0 Å². The number of urea groups is 1. The molecule has 0 saturated carbocycles. The fourth-order valence-electron chi connectivity index (χ4n) is 2.17. The Kier molecular flexibility index (Phi) is 3.87. The van der Waals surface area contributed by atoms with E-state index in [1.54, 1.807) is 0 Å². The van der Waals surface area contributed by atoms with Crippen molar-refractivity contribution in [2.45, 2.75) is 13.8 Å². The third kappa shape index (κ3) is 2.48. The Bertz CT molecular complexity index is 445. The molecular weight excluding hydrogens is 226 g/mol. The van der Waals surface area contributed by atoms with Gasteiger partial charge < -0.3 is 10.2 Å². The van der Waals surface area contributed by atoms with Gasteiger partial charge >= 0.3 is 6.03 Å². The number of benzene rings is 1. The van der Waals surface area contributed by atoms with Gasteiger partial charge in [0.1, 0.15) is 0 Å². The number of hydrogen-bond acceptors (Lipinski definition) is 2. The number of rotatable bonds is 4. The van der Waals surface area contributed by atoms with E-state index in [9.17, 15) is 4.79 Å². The summed E-state index contributed by atoms with van der Waals surface area (Å²) in [6, 6.07) is 6.32. The molecule has 98 valence electrons. The van der Waals surface area contributed by atoms with Gasteiger partial charge in [-0.2, -0.15) is 0 Å². The van der Waals surface area contributed by atoms with Crippen LogP contribution in [0.25, 0.3) is 0 Å². The van der Waals surface area contributed by atoms with Crippen molar-refractivity contribution in [2.75, 3.05) is 38.1 Å². The first-order valence-corrected chi connectivity index (χ1v) is 6.42. The minimum atomic E-state index is 0.119. The summed E-state index contributed by atoms with van der Waals surface area (Å²) in [6.45, 7) is 7.38. The highest BCUT2D eigenvalue weighted by atomic mass is 16.2. The van der Waals surface area contributed by atoms with E-state index >= 15 is 0 Å². The number of carbonyl (C=O) groups excluding carboxylic acids is 1. The van der Waals surface area contributed by atoms with Crippen LogP contribution in [0.1, 0.15) is 11.1 Å². The van der Waals surface area contributed by atoms with Crippen molar-refractivity contribution in [3.05, 3.63) is 29.3 Å². The first-order chi connectivity index (χ1) is 8.63. The van der Waals surface area contributed by atoms with E-state index in [2.05, 4.69) is 31.3 Å². The number of amides is 2. The maximum atomic E-state index is 12.2. The Labute approximate surface area is 109 Å². The molecule has 1 aromatic rings. The molecule has 0 aromatic heterocycles. The number of likely N-dealkylation sites (N-methyl/N-ethyl adjacent to an activating group) is 1. The Hall–Kier alpha value is -1.55. The van der Waals surface area contributed by atoms with E-state index in [4.69, 9.17) is 0 Å². The largest absolute Gasteiger partial charge is 0.324 e. The number of anilines is 1. The monoisotopic (exact) mass is 247 g/mol. The molecule has 2 rings (SSSR count). The van der Waals surface area contributed by atoms with Crippen LogP contribution >= 0.6 is 0 Å². The van der Waals surface area contributed by atoms with Gasteiger partial charge in [-0.3, -0.25) is 4.90 Å². The lowest BCUT2D eigenvalue weighted by atomic mass is 10.1. The quantitative estimate of drug-likeness (QED) is 0.880. The van der Waals surface area contributed by atoms with Crippen LogP contribution in [0.4, 0.5) is 10.5 Å². The van der Waals surface area contributed by atoms with E-state index < -0.39 is 0 Å². The Morgan fingerprint density at radius 2 is 2.00 bits per heavy atom. The van der Waals surface area contributed by atoms with E-state index in [0.717, 1.165) is 31.9 Å². The summed E-state index contributed by atoms with van der Waals surface area (Å²) in [4.78, 5) is 16.0. The minimum absolute atomic E-state index is 0.119. The average molecular weight is 247 g/mol. The van der Waals surface area contributed by atoms with Gasteiger partial charge in [0.2, 0.25) is 0 Å². The van der Waals surface area contributed by atoms with E-state index in [0.29, 0.717) is 0 Å². The highest BCUT2D eigenvalue weighted by Crippen LogP contribution is 2.22. The first kappa shape index (κ1) is 12.9. The molecule has 4 nitrogen and oxygen atoms in total. The van der Waals surface area contributed by atoms with Crippen molar-refractivity contribution >= 4 is 11.7 Å². The molecule has 1 fully saturated rings. The highest BCUT2D eigenvalue weighted by Gasteiger charge is 2.28. The zero-order valence-corrected chi connectivity index (χ0v) is 11.4. The molecule has 1 aliphatic rings. The smallest absolute Gasteiger partial charge is 0.321 e. The summed E-state index contributed by atoms with van der Waals surface area (Å²) in [5.74, 6) is 0. The van der Waals surface area contributed by atoms with Crippen LogP contribution in [0.5, 0.6) is 0 Å². The van der Waals surface area contributed by atoms with Crippen molar-refractivity contribution in [3.63, 3.8) is 0 Å². The molecule has 1 heterocycles. The van der Waals surface area contributed by atoms with Crippen LogP contribution < -0.4 is 10.2 Å². The van der Waals surface area contributed by atoms with Crippen molar-refractivity contribution < 1.29 is 4.79 Å². The minimum Gasteiger partial charge on any atom is -0.321 e. The molecule has 0 aliphatic carbocycles. The Morgan fingerprint density at radius 1 is 1.22 bits per heavy atom. The molecule has 0 radical (unpaired) electrons. The van der Waals surface area contributed by atoms with Crippen molar-refractivity contribution in [1.29, 1.82) is 0 Å². The van der Waals surface area contributed by atoms with Gasteiger partial charge in [-0.1, -0.05) is 6.07 Å². The molecule has 1 saturated heterocycles. The van der Waals surface area contributed by atoms with Crippen LogP contribution in [0.3, 0.4) is 0 Å². The molecule has 18 heavy (non-hydrogen) atoms. The Morgan fingerprint density at radius 3 is 2.67 bits per heavy atom. The summed E-state index contributed by atoms with van der Waals surface area (Å²) in [5, 5.41) is 3.07. The zero-order valence-electron chi connectivity index (χ0n) is 11.4. The summed E-state index contributed by atoms with van der Waals surface area (Å²) < 4.78 is 0. The molecule has 0 spiro atoms. The fourth-order valence-corrected chi connectivity index (χ4v) is 2.17. The SMILES string of the molecule is CNCCN1CCN(c2ccc(C)c(C)c2)C1=O. The van der Waals surface area contributed by atoms with Crippen LogP contribution in [-0.2, 0) is 0 Å². The van der Waals surface area contributed by atoms with Gasteiger partial charge in [0.25, 0.3) is 0 Å². The predicted octanol–water partition coefficient (Wildman–Crippen LogP) is 1.76. The molecule has 1 N–H and O–H groups in total. The third-order valence-electron chi connectivity index (χ3n) is 3.53. The maximum absolute atomic E-state index is 12.2. The molecule has 2 amide bonds. The van der Waals surface area contributed by atoms with Crippen molar-refractivity contribution in [2.24, 2.45) is 0 Å². The number of nitrogens with zero attached hydrogens (tertiary/aromatic N) is 2. The number of aryl methyl sites for hydroxylation is 2. The molecule has 0 bridgehead atoms. The van der Waals surface area contributed by atoms with Gasteiger partial charge in [0.05, 0.1) is 0 Å². The van der Waals surface area contributed by atoms with Gasteiger partial charge in [-0.05, 0) is 44.2 Å². The van der Waals surface area contributed by atoms with Crippen LogP contribution in [-0.4, -0.2) is 44.2 Å². The highest BCUT2D eigenvalue weighted by molar-refractivity contribution is 5.94. The summed E-state index contributed by atoms with van der Waals surface area (Å²) in [7, 11) is 1.90. The van der Waals surface area contributed by atoms with E-state index in [1.807, 2.05) is 22.9 Å². The lowest BCUT2D eigenvalue weighted by molar-refractivity contribution is 0.221. The maximum Gasteiger partial charge on any atom is 0.324 e. The lowest BCUT2D eigenvalue weighted by Gasteiger charge is -2.19. The van der Waals surface area contributed by atoms with Crippen molar-refractivity contribution in [3.8, 4) is 0 Å². The molecule has 1 aromatic carbocycles. The Balaban J connectivity index is 2.10. The second kappa shape index (κ2) is 5.40. The predicted molar refractivity (Wildman–Crippen MR) is 74.2 cm³/mol.